The van der Waals surface area contributed by atoms with Crippen molar-refractivity contribution in [1.82, 2.24) is 0 Å². The summed E-state index contributed by atoms with van der Waals surface area (Å²) in [7, 11) is 0. The zero-order valence-corrected chi connectivity index (χ0v) is 11.3. The second kappa shape index (κ2) is 4.92. The van der Waals surface area contributed by atoms with E-state index in [0.717, 1.165) is 4.90 Å². The molecule has 1 fully saturated rings. The van der Waals surface area contributed by atoms with Crippen molar-refractivity contribution >= 4 is 17.7 Å². The van der Waals surface area contributed by atoms with Crippen molar-refractivity contribution in [2.24, 2.45) is 11.8 Å². The minimum atomic E-state index is -0.756. The summed E-state index contributed by atoms with van der Waals surface area (Å²) in [6, 6.07) is 6.04. The summed E-state index contributed by atoms with van der Waals surface area (Å²) in [5.41, 5.74) is 0. The molecule has 18 heavy (non-hydrogen) atoms. The number of benzene rings is 1. The number of hydrogen-bond acceptors (Lipinski definition) is 2. The van der Waals surface area contributed by atoms with Crippen LogP contribution in [-0.4, -0.2) is 15.8 Å². The van der Waals surface area contributed by atoms with Crippen LogP contribution in [0.1, 0.15) is 26.7 Å². The summed E-state index contributed by atoms with van der Waals surface area (Å²) in [5, 5.41) is 9.40. The summed E-state index contributed by atoms with van der Waals surface area (Å²) in [4.78, 5) is 12.3. The summed E-state index contributed by atoms with van der Waals surface area (Å²) in [6.45, 7) is 4.25. The maximum Gasteiger partial charge on any atom is 0.320 e. The van der Waals surface area contributed by atoms with E-state index in [1.54, 1.807) is 12.1 Å². The fraction of sp³-hybridized carbons (Fsp3) is 0.500. The smallest absolute Gasteiger partial charge is 0.320 e. The highest BCUT2D eigenvalue weighted by molar-refractivity contribution is 8.01. The third-order valence-electron chi connectivity index (χ3n) is 3.64. The SMILES string of the molecule is CC(C)C1CC(Sc2ccc(F)cc2)(C(=O)O)C1. The van der Waals surface area contributed by atoms with Crippen LogP contribution in [0.5, 0.6) is 0 Å². The molecule has 1 aliphatic carbocycles. The number of carboxylic acids is 1. The van der Waals surface area contributed by atoms with Gasteiger partial charge in [0.1, 0.15) is 10.6 Å². The molecule has 0 aliphatic heterocycles. The monoisotopic (exact) mass is 268 g/mol. The zero-order chi connectivity index (χ0) is 13.3. The van der Waals surface area contributed by atoms with Crippen molar-refractivity contribution in [3.8, 4) is 0 Å². The first kappa shape index (κ1) is 13.4. The Hall–Kier alpha value is -1.03. The number of carboxylic acid groups (broad SMARTS) is 1. The lowest BCUT2D eigenvalue weighted by Crippen LogP contribution is -2.49. The molecule has 0 atom stereocenters. The molecule has 0 amide bonds. The molecule has 0 radical (unpaired) electrons. The van der Waals surface area contributed by atoms with Gasteiger partial charge in [0.25, 0.3) is 0 Å². The molecule has 0 spiro atoms. The molecule has 0 aromatic heterocycles. The zero-order valence-electron chi connectivity index (χ0n) is 10.5. The minimum absolute atomic E-state index is 0.294. The number of aliphatic carboxylic acids is 1. The van der Waals surface area contributed by atoms with Gasteiger partial charge in [-0.25, -0.2) is 4.39 Å². The van der Waals surface area contributed by atoms with Gasteiger partial charge in [0, 0.05) is 4.90 Å². The van der Waals surface area contributed by atoms with Crippen LogP contribution < -0.4 is 0 Å². The maximum atomic E-state index is 12.8. The van der Waals surface area contributed by atoms with Crippen LogP contribution in [-0.2, 0) is 4.79 Å². The van der Waals surface area contributed by atoms with Gasteiger partial charge >= 0.3 is 5.97 Å². The van der Waals surface area contributed by atoms with Gasteiger partial charge in [0.15, 0.2) is 0 Å². The molecule has 98 valence electrons. The fourth-order valence-corrected chi connectivity index (χ4v) is 3.69. The summed E-state index contributed by atoms with van der Waals surface area (Å²) >= 11 is 1.35. The van der Waals surface area contributed by atoms with Crippen molar-refractivity contribution in [3.05, 3.63) is 30.1 Å². The van der Waals surface area contributed by atoms with Crippen LogP contribution in [0.3, 0.4) is 0 Å². The highest BCUT2D eigenvalue weighted by atomic mass is 32.2. The average molecular weight is 268 g/mol. The van der Waals surface area contributed by atoms with Crippen molar-refractivity contribution in [2.45, 2.75) is 36.3 Å². The Morgan fingerprint density at radius 3 is 2.39 bits per heavy atom. The Kier molecular flexibility index (Phi) is 3.66. The van der Waals surface area contributed by atoms with Crippen molar-refractivity contribution in [1.29, 1.82) is 0 Å². The van der Waals surface area contributed by atoms with Gasteiger partial charge < -0.3 is 5.11 Å². The second-order valence-corrected chi connectivity index (χ2v) is 6.72. The Balaban J connectivity index is 2.09. The van der Waals surface area contributed by atoms with Crippen LogP contribution in [0.2, 0.25) is 0 Å². The van der Waals surface area contributed by atoms with E-state index in [-0.39, 0.29) is 5.82 Å². The van der Waals surface area contributed by atoms with Crippen molar-refractivity contribution in [2.75, 3.05) is 0 Å². The van der Waals surface area contributed by atoms with E-state index in [1.807, 2.05) is 0 Å². The summed E-state index contributed by atoms with van der Waals surface area (Å²) < 4.78 is 12.1. The maximum absolute atomic E-state index is 12.8. The van der Waals surface area contributed by atoms with E-state index >= 15 is 0 Å². The molecule has 0 unspecified atom stereocenters. The van der Waals surface area contributed by atoms with Crippen LogP contribution in [0.15, 0.2) is 29.2 Å². The largest absolute Gasteiger partial charge is 0.480 e. The quantitative estimate of drug-likeness (QED) is 0.902. The predicted molar refractivity (Wildman–Crippen MR) is 70.2 cm³/mol. The molecular formula is C14H17FO2S. The number of rotatable bonds is 4. The molecular weight excluding hydrogens is 251 g/mol. The van der Waals surface area contributed by atoms with Crippen LogP contribution in [0.25, 0.3) is 0 Å². The summed E-state index contributed by atoms with van der Waals surface area (Å²) in [6.07, 6.45) is 1.39. The van der Waals surface area contributed by atoms with Crippen molar-refractivity contribution < 1.29 is 14.3 Å². The first-order valence-electron chi connectivity index (χ1n) is 6.11. The number of halogens is 1. The number of hydrogen-bond donors (Lipinski definition) is 1. The Labute approximate surface area is 111 Å². The molecule has 0 heterocycles. The predicted octanol–water partition coefficient (Wildman–Crippen LogP) is 3.81. The van der Waals surface area contributed by atoms with Crippen LogP contribution in [0.4, 0.5) is 4.39 Å². The van der Waals surface area contributed by atoms with E-state index in [1.165, 1.54) is 23.9 Å². The molecule has 0 bridgehead atoms. The normalized spacial score (nSPS) is 27.0. The Morgan fingerprint density at radius 1 is 1.39 bits per heavy atom. The average Bonchev–Trinajstić information content (AvgIpc) is 2.24. The van der Waals surface area contributed by atoms with Gasteiger partial charge in [-0.1, -0.05) is 13.8 Å². The molecule has 1 aromatic carbocycles. The van der Waals surface area contributed by atoms with Gasteiger partial charge in [-0.2, -0.15) is 0 Å². The first-order chi connectivity index (χ1) is 8.43. The molecule has 4 heteroatoms. The van der Waals surface area contributed by atoms with E-state index < -0.39 is 10.7 Å². The molecule has 1 aliphatic rings. The van der Waals surface area contributed by atoms with Crippen molar-refractivity contribution in [3.63, 3.8) is 0 Å². The Bertz CT molecular complexity index is 436. The second-order valence-electron chi connectivity index (χ2n) is 5.27. The lowest BCUT2D eigenvalue weighted by atomic mass is 9.69. The fourth-order valence-electron chi connectivity index (χ4n) is 2.29. The van der Waals surface area contributed by atoms with Gasteiger partial charge in [-0.05, 0) is 48.9 Å². The summed E-state index contributed by atoms with van der Waals surface area (Å²) in [5.74, 6) is -0.0496. The van der Waals surface area contributed by atoms with E-state index in [0.29, 0.717) is 24.7 Å². The third-order valence-corrected chi connectivity index (χ3v) is 5.05. The molecule has 0 saturated heterocycles. The number of thioether (sulfide) groups is 1. The highest BCUT2D eigenvalue weighted by Gasteiger charge is 2.51. The van der Waals surface area contributed by atoms with E-state index in [2.05, 4.69) is 13.8 Å². The highest BCUT2D eigenvalue weighted by Crippen LogP contribution is 2.53. The van der Waals surface area contributed by atoms with Gasteiger partial charge in [0.05, 0.1) is 0 Å². The van der Waals surface area contributed by atoms with E-state index in [4.69, 9.17) is 0 Å². The lowest BCUT2D eigenvalue weighted by Gasteiger charge is -2.45. The number of carbonyl (C=O) groups is 1. The topological polar surface area (TPSA) is 37.3 Å². The first-order valence-corrected chi connectivity index (χ1v) is 6.92. The minimum Gasteiger partial charge on any atom is -0.480 e. The molecule has 1 aromatic rings. The molecule has 2 nitrogen and oxygen atoms in total. The Morgan fingerprint density at radius 2 is 1.94 bits per heavy atom. The van der Waals surface area contributed by atoms with Crippen LogP contribution >= 0.6 is 11.8 Å². The van der Waals surface area contributed by atoms with E-state index in [9.17, 15) is 14.3 Å². The molecule has 2 rings (SSSR count). The van der Waals surface area contributed by atoms with Crippen LogP contribution in [0, 0.1) is 17.7 Å². The standard InChI is InChI=1S/C14H17FO2S/c1-9(2)10-7-14(8-10,13(16)17)18-12-5-3-11(15)4-6-12/h3-6,9-10H,7-8H2,1-2H3,(H,16,17). The lowest BCUT2D eigenvalue weighted by molar-refractivity contribution is -0.144. The van der Waals surface area contributed by atoms with Gasteiger partial charge in [-0.3, -0.25) is 4.79 Å². The molecule has 1 saturated carbocycles. The van der Waals surface area contributed by atoms with Gasteiger partial charge in [0.2, 0.25) is 0 Å². The molecule has 1 N–H and O–H groups in total. The third kappa shape index (κ3) is 2.53. The van der Waals surface area contributed by atoms with Gasteiger partial charge in [-0.15, -0.1) is 11.8 Å².